The maximum Gasteiger partial charge on any atom is 0.261 e. The van der Waals surface area contributed by atoms with E-state index in [4.69, 9.17) is 4.74 Å². The molecule has 98 valence electrons. The van der Waals surface area contributed by atoms with Gasteiger partial charge in [0, 0.05) is 6.54 Å². The number of carbonyl (C=O) groups is 1. The van der Waals surface area contributed by atoms with Gasteiger partial charge in [0.2, 0.25) is 0 Å². The van der Waals surface area contributed by atoms with E-state index in [-0.39, 0.29) is 5.91 Å². The quantitative estimate of drug-likeness (QED) is 0.785. The van der Waals surface area contributed by atoms with E-state index in [1.54, 1.807) is 13.0 Å². The highest BCUT2D eigenvalue weighted by atomic mass is 16.5. The molecule has 1 N–H and O–H groups in total. The molecule has 0 radical (unpaired) electrons. The first-order chi connectivity index (χ1) is 8.56. The molecule has 0 aliphatic rings. The van der Waals surface area contributed by atoms with Crippen molar-refractivity contribution >= 4 is 5.91 Å². The van der Waals surface area contributed by atoms with E-state index >= 15 is 0 Å². The molecule has 0 heterocycles. The molecule has 0 aromatic heterocycles. The van der Waals surface area contributed by atoms with Crippen LogP contribution >= 0.6 is 0 Å². The summed E-state index contributed by atoms with van der Waals surface area (Å²) in [6.45, 7) is 9.96. The highest BCUT2D eigenvalue weighted by molar-refractivity contribution is 5.80. The van der Waals surface area contributed by atoms with Gasteiger partial charge in [-0.05, 0) is 24.5 Å². The van der Waals surface area contributed by atoms with Crippen molar-refractivity contribution < 1.29 is 9.53 Å². The third-order valence-corrected chi connectivity index (χ3v) is 2.63. The third-order valence-electron chi connectivity index (χ3n) is 2.63. The summed E-state index contributed by atoms with van der Waals surface area (Å²) in [7, 11) is 0. The van der Waals surface area contributed by atoms with Gasteiger partial charge >= 0.3 is 0 Å². The van der Waals surface area contributed by atoms with Crippen molar-refractivity contribution in [2.75, 3.05) is 6.54 Å². The van der Waals surface area contributed by atoms with Crippen molar-refractivity contribution in [2.45, 2.75) is 32.8 Å². The molecule has 0 aliphatic heterocycles. The number of nitrogens with one attached hydrogen (secondary N) is 1. The molecule has 0 fully saturated rings. The van der Waals surface area contributed by atoms with Gasteiger partial charge in [-0.2, -0.15) is 0 Å². The normalized spacial score (nSPS) is 12.0. The zero-order valence-corrected chi connectivity index (χ0v) is 11.3. The minimum atomic E-state index is -0.509. The van der Waals surface area contributed by atoms with Gasteiger partial charge in [-0.15, -0.1) is 6.58 Å². The van der Waals surface area contributed by atoms with Gasteiger partial charge < -0.3 is 10.1 Å². The van der Waals surface area contributed by atoms with E-state index in [0.717, 1.165) is 11.3 Å². The predicted molar refractivity (Wildman–Crippen MR) is 73.8 cm³/mol. The van der Waals surface area contributed by atoms with E-state index in [1.165, 1.54) is 0 Å². The van der Waals surface area contributed by atoms with Crippen LogP contribution in [0.4, 0.5) is 0 Å². The summed E-state index contributed by atoms with van der Waals surface area (Å²) < 4.78 is 5.72. The Kier molecular flexibility index (Phi) is 5.43. The zero-order valence-electron chi connectivity index (χ0n) is 11.3. The van der Waals surface area contributed by atoms with E-state index < -0.39 is 6.10 Å². The molecule has 0 unspecified atom stereocenters. The molecular weight excluding hydrogens is 226 g/mol. The summed E-state index contributed by atoms with van der Waals surface area (Å²) in [5, 5.41) is 2.72. The fraction of sp³-hybridized carbons (Fsp3) is 0.400. The van der Waals surface area contributed by atoms with Crippen LogP contribution in [-0.4, -0.2) is 18.6 Å². The summed E-state index contributed by atoms with van der Waals surface area (Å²) in [6, 6.07) is 7.81. The summed E-state index contributed by atoms with van der Waals surface area (Å²) in [6.07, 6.45) is 1.14. The van der Waals surface area contributed by atoms with E-state index in [2.05, 4.69) is 25.7 Å². The molecule has 18 heavy (non-hydrogen) atoms. The topological polar surface area (TPSA) is 38.3 Å². The summed E-state index contributed by atoms with van der Waals surface area (Å²) in [5.41, 5.74) is 1.11. The van der Waals surface area contributed by atoms with Gasteiger partial charge in [-0.25, -0.2) is 0 Å². The minimum Gasteiger partial charge on any atom is -0.481 e. The molecule has 3 heteroatoms. The van der Waals surface area contributed by atoms with Gasteiger partial charge in [-0.3, -0.25) is 4.79 Å². The second-order valence-electron chi connectivity index (χ2n) is 4.49. The van der Waals surface area contributed by atoms with Gasteiger partial charge in [0.05, 0.1) is 0 Å². The van der Waals surface area contributed by atoms with Gasteiger partial charge in [0.1, 0.15) is 5.75 Å². The van der Waals surface area contributed by atoms with Crippen LogP contribution in [0, 0.1) is 0 Å². The van der Waals surface area contributed by atoms with Gasteiger partial charge in [0.15, 0.2) is 6.10 Å². The summed E-state index contributed by atoms with van der Waals surface area (Å²) in [5.74, 6) is 1.01. The fourth-order valence-electron chi connectivity index (χ4n) is 1.63. The van der Waals surface area contributed by atoms with Crippen molar-refractivity contribution in [3.05, 3.63) is 42.5 Å². The lowest BCUT2D eigenvalue weighted by Gasteiger charge is -2.18. The Hall–Kier alpha value is -1.77. The predicted octanol–water partition coefficient (Wildman–Crippen LogP) is 2.88. The first-order valence-electron chi connectivity index (χ1n) is 6.20. The molecule has 3 nitrogen and oxygen atoms in total. The lowest BCUT2D eigenvalue weighted by Crippen LogP contribution is -2.36. The SMILES string of the molecule is C=CCNC(=O)[C@@H](C)Oc1ccccc1C(C)C. The fourth-order valence-corrected chi connectivity index (χ4v) is 1.63. The first kappa shape index (κ1) is 14.3. The van der Waals surface area contributed by atoms with E-state index in [9.17, 15) is 4.79 Å². The standard InChI is InChI=1S/C15H21NO2/c1-5-10-16-15(17)12(4)18-14-9-7-6-8-13(14)11(2)3/h5-9,11-12H,1,10H2,2-4H3,(H,16,17)/t12-/m1/s1. The van der Waals surface area contributed by atoms with Crippen LogP contribution in [-0.2, 0) is 4.79 Å². The molecule has 1 amide bonds. The number of benzene rings is 1. The molecular formula is C15H21NO2. The average Bonchev–Trinajstić information content (AvgIpc) is 2.36. The molecule has 1 atom stereocenters. The zero-order chi connectivity index (χ0) is 13.5. The van der Waals surface area contributed by atoms with Crippen molar-refractivity contribution in [2.24, 2.45) is 0 Å². The molecule has 0 bridgehead atoms. The van der Waals surface area contributed by atoms with Crippen LogP contribution < -0.4 is 10.1 Å². The number of hydrogen-bond acceptors (Lipinski definition) is 2. The Labute approximate surface area is 109 Å². The Morgan fingerprint density at radius 3 is 2.67 bits per heavy atom. The molecule has 0 saturated carbocycles. The average molecular weight is 247 g/mol. The monoisotopic (exact) mass is 247 g/mol. The van der Waals surface area contributed by atoms with Crippen LogP contribution in [0.25, 0.3) is 0 Å². The number of para-hydroxylation sites is 1. The summed E-state index contributed by atoms with van der Waals surface area (Å²) in [4.78, 5) is 11.7. The summed E-state index contributed by atoms with van der Waals surface area (Å²) >= 11 is 0. The number of ether oxygens (including phenoxy) is 1. The van der Waals surface area contributed by atoms with Crippen molar-refractivity contribution in [1.29, 1.82) is 0 Å². The third kappa shape index (κ3) is 3.91. The number of rotatable bonds is 6. The minimum absolute atomic E-state index is 0.131. The number of amides is 1. The van der Waals surface area contributed by atoms with Gasteiger partial charge in [0.25, 0.3) is 5.91 Å². The lowest BCUT2D eigenvalue weighted by molar-refractivity contribution is -0.127. The van der Waals surface area contributed by atoms with Crippen molar-refractivity contribution in [1.82, 2.24) is 5.32 Å². The second kappa shape index (κ2) is 6.84. The van der Waals surface area contributed by atoms with Crippen LogP contribution in [0.15, 0.2) is 36.9 Å². The Morgan fingerprint density at radius 1 is 1.39 bits per heavy atom. The Bertz CT molecular complexity index is 413. The molecule has 1 aromatic rings. The maximum atomic E-state index is 11.7. The Morgan fingerprint density at radius 2 is 2.06 bits per heavy atom. The van der Waals surface area contributed by atoms with E-state index in [0.29, 0.717) is 12.5 Å². The van der Waals surface area contributed by atoms with E-state index in [1.807, 2.05) is 24.3 Å². The molecule has 0 saturated heterocycles. The highest BCUT2D eigenvalue weighted by Crippen LogP contribution is 2.26. The van der Waals surface area contributed by atoms with Crippen molar-refractivity contribution in [3.8, 4) is 5.75 Å². The molecule has 0 aliphatic carbocycles. The van der Waals surface area contributed by atoms with Crippen LogP contribution in [0.2, 0.25) is 0 Å². The van der Waals surface area contributed by atoms with Gasteiger partial charge in [-0.1, -0.05) is 38.1 Å². The lowest BCUT2D eigenvalue weighted by atomic mass is 10.0. The molecule has 1 aromatic carbocycles. The highest BCUT2D eigenvalue weighted by Gasteiger charge is 2.16. The molecule has 1 rings (SSSR count). The largest absolute Gasteiger partial charge is 0.481 e. The first-order valence-corrected chi connectivity index (χ1v) is 6.20. The molecule has 0 spiro atoms. The number of carbonyl (C=O) groups excluding carboxylic acids is 1. The smallest absolute Gasteiger partial charge is 0.261 e. The number of hydrogen-bond donors (Lipinski definition) is 1. The van der Waals surface area contributed by atoms with Crippen LogP contribution in [0.1, 0.15) is 32.3 Å². The van der Waals surface area contributed by atoms with Crippen molar-refractivity contribution in [3.63, 3.8) is 0 Å². The maximum absolute atomic E-state index is 11.7. The second-order valence-corrected chi connectivity index (χ2v) is 4.49. The van der Waals surface area contributed by atoms with Crippen LogP contribution in [0.3, 0.4) is 0 Å². The Balaban J connectivity index is 2.72. The van der Waals surface area contributed by atoms with Crippen LogP contribution in [0.5, 0.6) is 5.75 Å².